The summed E-state index contributed by atoms with van der Waals surface area (Å²) < 4.78 is 84.5. The first-order chi connectivity index (χ1) is 49.2. The zero-order valence-corrected chi connectivity index (χ0v) is 64.6. The number of fused-ring (bicyclic) bond motifs is 2. The van der Waals surface area contributed by atoms with Crippen LogP contribution in [0.15, 0.2) is 0 Å². The van der Waals surface area contributed by atoms with E-state index >= 15 is 28.8 Å². The van der Waals surface area contributed by atoms with Crippen molar-refractivity contribution >= 4 is 82.5 Å². The number of amides is 12. The molecule has 7 fully saturated rings. The number of carbonyl (C=O) groups is 12. The van der Waals surface area contributed by atoms with Gasteiger partial charge in [0.05, 0.1) is 24.8 Å². The zero-order valence-electron chi connectivity index (χ0n) is 63.9. The Bertz CT molecular complexity index is 3110. The Balaban J connectivity index is 1.30. The van der Waals surface area contributed by atoms with Crippen molar-refractivity contribution in [2.75, 3.05) is 75.5 Å². The SMILES string of the molecule is CCCN1C(=O)[C@@H]2CCN2C(=O)[C@H](C)N(C)C(=O)[C@H]([C@@H](C)CC)NC(=O)[C@H](CC(C)C)N(C)C(=O)C[C@@H](C(=O)N(C)C)N(C)C(=O)[C@H](C2CCCC2)N(C)C(=O)C2(CCCC2)NC(=O)[C@@H]2CCCN2C(=O)[C@H](CCC2CCC(C(F)(F)F)C(Cl)C2)NC(=O)CN(C)C(=O)[C@@H]1CC1CCC(C(F)(F)F)CC1. The van der Waals surface area contributed by atoms with Gasteiger partial charge in [-0.25, -0.2) is 0 Å². The van der Waals surface area contributed by atoms with Gasteiger partial charge >= 0.3 is 12.4 Å². The van der Waals surface area contributed by atoms with Crippen molar-refractivity contribution in [1.82, 2.24) is 60.0 Å². The van der Waals surface area contributed by atoms with Crippen LogP contribution in [0.5, 0.6) is 0 Å². The molecule has 3 aliphatic heterocycles. The van der Waals surface area contributed by atoms with E-state index in [0.717, 1.165) is 17.7 Å². The fraction of sp³-hybridized carbons (Fsp3) is 0.838. The zero-order chi connectivity index (χ0) is 78.1. The Kier molecular flexibility index (Phi) is 29.9. The smallest absolute Gasteiger partial charge is 0.347 e. The minimum absolute atomic E-state index is 0.00852. The fourth-order valence-corrected chi connectivity index (χ4v) is 17.7. The normalized spacial score (nSPS) is 31.5. The molecule has 594 valence electrons. The highest BCUT2D eigenvalue weighted by atomic mass is 35.5. The molecule has 0 bridgehead atoms. The van der Waals surface area contributed by atoms with Crippen molar-refractivity contribution in [3.05, 3.63) is 0 Å². The third-order valence-electron chi connectivity index (χ3n) is 24.2. The lowest BCUT2D eigenvalue weighted by molar-refractivity contribution is -0.184. The van der Waals surface area contributed by atoms with Gasteiger partial charge in [0.2, 0.25) is 70.9 Å². The summed E-state index contributed by atoms with van der Waals surface area (Å²) in [6, 6.07) is -11.7. The quantitative estimate of drug-likeness (QED) is 0.121. The molecule has 0 aromatic carbocycles. The lowest BCUT2D eigenvalue weighted by Crippen LogP contribution is -2.65. The molecule has 1 spiro atoms. The standard InChI is InChI=1S/C74H117ClF6N12O12/c1-14-35-91-57(40-47-24-28-49(29-25-47)73(76,77)78)67(101)86(9)42-58(94)82-52(31-27-46-26-30-50(51(75)39-46)74(79,80)81)65(99)92-36-20-23-53(92)63(97)84-72(33-18-19-34-72)71(105)90(13)61(48-21-16-17-22-48)70(104)89(12)56(66(100)85(7)8)41-59(95)88(11)55(38-43(3)4)62(96)83-60(44(5)15-2)69(103)87(10)45(6)64(98)93-37-32-54(93)68(91)102/h43-57,60-61H,14-42H2,1-13H3,(H,82,94)(H,83,96)(H,84,97)/t44-,45-,46?,47?,49?,50?,51?,52-,53-,54-,55-,56-,57-,60-,61-/m0/s1. The molecule has 31 heteroatoms. The number of hydrogen-bond donors (Lipinski definition) is 3. The third-order valence-corrected chi connectivity index (χ3v) is 24.6. The number of carbonyl (C=O) groups excluding carboxylic acids is 12. The van der Waals surface area contributed by atoms with E-state index in [1.54, 1.807) is 20.8 Å². The molecule has 12 amide bonds. The highest BCUT2D eigenvalue weighted by molar-refractivity contribution is 6.21. The first kappa shape index (κ1) is 85.8. The largest absolute Gasteiger partial charge is 0.393 e. The van der Waals surface area contributed by atoms with Crippen molar-refractivity contribution in [3.8, 4) is 0 Å². The Labute approximate surface area is 620 Å². The molecule has 4 saturated carbocycles. The van der Waals surface area contributed by atoms with E-state index in [4.69, 9.17) is 11.6 Å². The van der Waals surface area contributed by atoms with Gasteiger partial charge in [0.15, 0.2) is 0 Å². The molecule has 3 heterocycles. The molecule has 105 heavy (non-hydrogen) atoms. The lowest BCUT2D eigenvalue weighted by atomic mass is 9.78. The highest BCUT2D eigenvalue weighted by Crippen LogP contribution is 2.45. The molecule has 13 atom stereocenters. The van der Waals surface area contributed by atoms with Gasteiger partial charge in [-0.2, -0.15) is 26.3 Å². The molecule has 4 aliphatic carbocycles. The molecule has 3 N–H and O–H groups in total. The number of alkyl halides is 7. The molecule has 7 rings (SSSR count). The van der Waals surface area contributed by atoms with Gasteiger partial charge in [0, 0.05) is 74.3 Å². The van der Waals surface area contributed by atoms with E-state index in [9.17, 15) is 55.1 Å². The molecule has 0 aromatic rings. The molecule has 0 aromatic heterocycles. The minimum Gasteiger partial charge on any atom is -0.347 e. The molecule has 3 unspecified atom stereocenters. The van der Waals surface area contributed by atoms with Gasteiger partial charge in [-0.05, 0) is 159 Å². The number of nitrogens with zero attached hydrogens (tertiary/aromatic N) is 9. The monoisotopic (exact) mass is 1510 g/mol. The van der Waals surface area contributed by atoms with E-state index < -0.39 is 197 Å². The van der Waals surface area contributed by atoms with E-state index in [1.165, 1.54) is 95.5 Å². The summed E-state index contributed by atoms with van der Waals surface area (Å²) >= 11 is 6.41. The van der Waals surface area contributed by atoms with E-state index in [2.05, 4.69) is 16.0 Å². The number of halogens is 7. The van der Waals surface area contributed by atoms with Crippen LogP contribution < -0.4 is 16.0 Å². The minimum atomic E-state index is -4.55. The average molecular weight is 1520 g/mol. The van der Waals surface area contributed by atoms with Crippen molar-refractivity contribution in [1.29, 1.82) is 0 Å². The third kappa shape index (κ3) is 20.5. The van der Waals surface area contributed by atoms with Crippen molar-refractivity contribution in [2.24, 2.45) is 41.4 Å². The molecular formula is C74H117ClF6N12O12. The Hall–Kier alpha value is -6.49. The second kappa shape index (κ2) is 36.6. The molecular weight excluding hydrogens is 1400 g/mol. The Morgan fingerprint density at radius 2 is 1.25 bits per heavy atom. The van der Waals surface area contributed by atoms with E-state index in [-0.39, 0.29) is 128 Å². The van der Waals surface area contributed by atoms with Gasteiger partial charge in [0.1, 0.15) is 59.9 Å². The van der Waals surface area contributed by atoms with Crippen molar-refractivity contribution < 1.29 is 83.9 Å². The Morgan fingerprint density at radius 3 is 1.80 bits per heavy atom. The van der Waals surface area contributed by atoms with Crippen LogP contribution in [0.3, 0.4) is 0 Å². The number of hydrogen-bond acceptors (Lipinski definition) is 12. The highest BCUT2D eigenvalue weighted by Gasteiger charge is 2.54. The van der Waals surface area contributed by atoms with Crippen LogP contribution in [0.4, 0.5) is 26.3 Å². The predicted octanol–water partition coefficient (Wildman–Crippen LogP) is 7.27. The van der Waals surface area contributed by atoms with Gasteiger partial charge < -0.3 is 60.0 Å². The van der Waals surface area contributed by atoms with E-state index in [0.29, 0.717) is 38.5 Å². The fourth-order valence-electron chi connectivity index (χ4n) is 17.2. The maximum Gasteiger partial charge on any atom is 0.393 e. The van der Waals surface area contributed by atoms with Gasteiger partial charge in [-0.3, -0.25) is 57.5 Å². The summed E-state index contributed by atoms with van der Waals surface area (Å²) in [5.41, 5.74) is -1.60. The topological polar surface area (TPSA) is 270 Å². The Morgan fingerprint density at radius 1 is 0.629 bits per heavy atom. The maximum absolute atomic E-state index is 15.6. The van der Waals surface area contributed by atoms with Crippen LogP contribution in [0, 0.1) is 41.4 Å². The van der Waals surface area contributed by atoms with Gasteiger partial charge in [-0.1, -0.05) is 66.7 Å². The molecule has 24 nitrogen and oxygen atoms in total. The van der Waals surface area contributed by atoms with Crippen LogP contribution in [0.2, 0.25) is 0 Å². The summed E-state index contributed by atoms with van der Waals surface area (Å²) in [7, 11) is 9.88. The van der Waals surface area contributed by atoms with Gasteiger partial charge in [-0.15, -0.1) is 11.6 Å². The van der Waals surface area contributed by atoms with Crippen LogP contribution >= 0.6 is 11.6 Å². The summed E-state index contributed by atoms with van der Waals surface area (Å²) in [6.07, 6.45) is -5.39. The summed E-state index contributed by atoms with van der Waals surface area (Å²) in [6.45, 7) is 9.69. The van der Waals surface area contributed by atoms with Crippen molar-refractivity contribution in [3.63, 3.8) is 0 Å². The molecule has 3 saturated heterocycles. The summed E-state index contributed by atoms with van der Waals surface area (Å²) in [4.78, 5) is 192. The number of nitrogens with one attached hydrogen (secondary N) is 3. The number of likely N-dealkylation sites (N-methyl/N-ethyl adjacent to an activating group) is 6. The summed E-state index contributed by atoms with van der Waals surface area (Å²) in [5.74, 6) is -13.8. The lowest BCUT2D eigenvalue weighted by Gasteiger charge is -2.46. The first-order valence-electron chi connectivity index (χ1n) is 38.3. The molecule has 0 radical (unpaired) electrons. The van der Waals surface area contributed by atoms with Crippen molar-refractivity contribution in [2.45, 2.75) is 280 Å². The maximum atomic E-state index is 15.6. The van der Waals surface area contributed by atoms with Crippen LogP contribution in [-0.4, -0.2) is 268 Å². The van der Waals surface area contributed by atoms with Crippen LogP contribution in [-0.2, 0) is 57.5 Å². The molecule has 7 aliphatic rings. The second-order valence-electron chi connectivity index (χ2n) is 32.0. The van der Waals surface area contributed by atoms with E-state index in [1.807, 2.05) is 13.8 Å². The van der Waals surface area contributed by atoms with Crippen LogP contribution in [0.1, 0.15) is 202 Å². The van der Waals surface area contributed by atoms with Crippen LogP contribution in [0.25, 0.3) is 0 Å². The second-order valence-corrected chi connectivity index (χ2v) is 32.6. The summed E-state index contributed by atoms with van der Waals surface area (Å²) in [5, 5.41) is 7.45. The first-order valence-corrected chi connectivity index (χ1v) is 38.8. The van der Waals surface area contributed by atoms with Gasteiger partial charge in [0.25, 0.3) is 0 Å². The average Bonchev–Trinajstić information content (AvgIpc) is 1.63. The predicted molar refractivity (Wildman–Crippen MR) is 379 cm³/mol. The number of rotatable bonds is 13.